The van der Waals surface area contributed by atoms with Crippen LogP contribution in [0.2, 0.25) is 0 Å². The monoisotopic (exact) mass is 286 g/mol. The van der Waals surface area contributed by atoms with E-state index >= 15 is 0 Å². The highest BCUT2D eigenvalue weighted by molar-refractivity contribution is 7.18. The predicted molar refractivity (Wildman–Crippen MR) is 70.0 cm³/mol. The van der Waals surface area contributed by atoms with Gasteiger partial charge in [-0.3, -0.25) is 10.1 Å². The molecule has 1 saturated heterocycles. The number of hydrogen-bond donors (Lipinski definition) is 2. The number of β-amino-alcohol motifs (C(OH)–C–C–N with tert-alkyl or cyclic N) is 1. The average molecular weight is 286 g/mol. The number of nitrogens with zero attached hydrogens (tertiary/aromatic N) is 2. The van der Waals surface area contributed by atoms with Gasteiger partial charge in [-0.15, -0.1) is 11.3 Å². The first-order valence-corrected chi connectivity index (χ1v) is 6.75. The van der Waals surface area contributed by atoms with Gasteiger partial charge in [0.25, 0.3) is 0 Å². The van der Waals surface area contributed by atoms with E-state index in [9.17, 15) is 20.0 Å². The van der Waals surface area contributed by atoms with Crippen LogP contribution in [0, 0.1) is 10.1 Å². The zero-order chi connectivity index (χ0) is 14.0. The molecular formula is C11H14N2O5S. The van der Waals surface area contributed by atoms with Crippen LogP contribution in [0.25, 0.3) is 0 Å². The van der Waals surface area contributed by atoms with E-state index < -0.39 is 17.0 Å². The number of carboxylic acids is 1. The molecular weight excluding hydrogens is 272 g/mol. The molecule has 2 heterocycles. The highest BCUT2D eigenvalue weighted by Crippen LogP contribution is 2.38. The fourth-order valence-corrected chi connectivity index (χ4v) is 3.14. The lowest BCUT2D eigenvalue weighted by Gasteiger charge is -2.21. The maximum atomic E-state index is 11.0. The number of thiophene rings is 1. The number of nitro groups is 1. The summed E-state index contributed by atoms with van der Waals surface area (Å²) in [6, 6.07) is 1.08. The van der Waals surface area contributed by atoms with Gasteiger partial charge in [0.15, 0.2) is 5.00 Å². The fraction of sp³-hybridized carbons (Fsp3) is 0.545. The molecule has 19 heavy (non-hydrogen) atoms. The van der Waals surface area contributed by atoms with Crippen LogP contribution in [0.1, 0.15) is 28.9 Å². The normalized spacial score (nSPS) is 20.1. The van der Waals surface area contributed by atoms with Gasteiger partial charge in [0.1, 0.15) is 4.88 Å². The molecule has 2 N–H and O–H groups in total. The second-order valence-electron chi connectivity index (χ2n) is 4.46. The minimum absolute atomic E-state index is 0.0552. The summed E-state index contributed by atoms with van der Waals surface area (Å²) in [5, 5.41) is 30.0. The van der Waals surface area contributed by atoms with Crippen molar-refractivity contribution >= 4 is 28.0 Å². The van der Waals surface area contributed by atoms with Gasteiger partial charge < -0.3 is 15.1 Å². The summed E-state index contributed by atoms with van der Waals surface area (Å²) in [5.74, 6) is -1.17. The van der Waals surface area contributed by atoms with E-state index in [1.807, 2.05) is 0 Å². The maximum Gasteiger partial charge on any atom is 0.346 e. The SMILES string of the molecule is O=C(O)c1cc([N+](=O)[O-])c(N2CCCC[C@H](O)C2)s1. The number of aliphatic hydroxyl groups excluding tert-OH is 1. The molecule has 8 heteroatoms. The van der Waals surface area contributed by atoms with Gasteiger partial charge >= 0.3 is 11.7 Å². The molecule has 0 amide bonds. The van der Waals surface area contributed by atoms with Gasteiger partial charge in [-0.1, -0.05) is 0 Å². The van der Waals surface area contributed by atoms with Crippen molar-refractivity contribution in [2.24, 2.45) is 0 Å². The van der Waals surface area contributed by atoms with Crippen LogP contribution in [-0.2, 0) is 0 Å². The van der Waals surface area contributed by atoms with Crippen molar-refractivity contribution in [2.75, 3.05) is 18.0 Å². The first-order chi connectivity index (χ1) is 8.99. The van der Waals surface area contributed by atoms with Gasteiger partial charge in [0.2, 0.25) is 0 Å². The molecule has 0 aromatic carbocycles. The molecule has 0 spiro atoms. The van der Waals surface area contributed by atoms with E-state index in [0.29, 0.717) is 24.5 Å². The van der Waals surface area contributed by atoms with Crippen LogP contribution >= 0.6 is 11.3 Å². The summed E-state index contributed by atoms with van der Waals surface area (Å²) in [6.45, 7) is 0.901. The summed E-state index contributed by atoms with van der Waals surface area (Å²) >= 11 is 0.887. The summed E-state index contributed by atoms with van der Waals surface area (Å²) in [6.07, 6.45) is 1.83. The van der Waals surface area contributed by atoms with Crippen molar-refractivity contribution in [1.29, 1.82) is 0 Å². The van der Waals surface area contributed by atoms with E-state index in [0.717, 1.165) is 30.2 Å². The van der Waals surface area contributed by atoms with Crippen molar-refractivity contribution in [1.82, 2.24) is 0 Å². The second-order valence-corrected chi connectivity index (χ2v) is 5.49. The Bertz CT molecular complexity index is 501. The van der Waals surface area contributed by atoms with E-state index in [-0.39, 0.29) is 10.6 Å². The van der Waals surface area contributed by atoms with Crippen LogP contribution in [0.5, 0.6) is 0 Å². The predicted octanol–water partition coefficient (Wildman–Crippen LogP) is 1.71. The topological polar surface area (TPSA) is 104 Å². The van der Waals surface area contributed by atoms with Gasteiger partial charge in [-0.2, -0.15) is 0 Å². The first kappa shape index (κ1) is 13.8. The molecule has 1 aliphatic heterocycles. The number of aromatic carboxylic acids is 1. The van der Waals surface area contributed by atoms with Crippen LogP contribution < -0.4 is 4.90 Å². The molecule has 104 valence electrons. The Hall–Kier alpha value is -1.67. The minimum atomic E-state index is -1.17. The van der Waals surface area contributed by atoms with Gasteiger partial charge in [0.05, 0.1) is 11.0 Å². The molecule has 7 nitrogen and oxygen atoms in total. The number of rotatable bonds is 3. The number of aliphatic hydroxyl groups is 1. The summed E-state index contributed by atoms with van der Waals surface area (Å²) in [7, 11) is 0. The summed E-state index contributed by atoms with van der Waals surface area (Å²) in [5.41, 5.74) is -0.198. The molecule has 0 radical (unpaired) electrons. The third kappa shape index (κ3) is 3.02. The minimum Gasteiger partial charge on any atom is -0.477 e. The maximum absolute atomic E-state index is 11.0. The Labute approximate surface area is 113 Å². The quantitative estimate of drug-likeness (QED) is 0.647. The highest BCUT2D eigenvalue weighted by atomic mass is 32.1. The van der Waals surface area contributed by atoms with Gasteiger partial charge in [-0.25, -0.2) is 4.79 Å². The lowest BCUT2D eigenvalue weighted by molar-refractivity contribution is -0.383. The molecule has 0 unspecified atom stereocenters. The summed E-state index contributed by atoms with van der Waals surface area (Å²) in [4.78, 5) is 23.0. The second kappa shape index (κ2) is 5.54. The van der Waals surface area contributed by atoms with Crippen LogP contribution in [0.4, 0.5) is 10.7 Å². The van der Waals surface area contributed by atoms with Crippen molar-refractivity contribution in [3.05, 3.63) is 21.1 Å². The molecule has 0 aliphatic carbocycles. The van der Waals surface area contributed by atoms with Gasteiger partial charge in [0, 0.05) is 19.2 Å². The van der Waals surface area contributed by atoms with Crippen LogP contribution in [0.15, 0.2) is 6.07 Å². The van der Waals surface area contributed by atoms with E-state index in [1.165, 1.54) is 0 Å². The number of anilines is 1. The molecule has 1 aromatic rings. The van der Waals surface area contributed by atoms with Gasteiger partial charge in [-0.05, 0) is 19.3 Å². The van der Waals surface area contributed by atoms with E-state index in [1.54, 1.807) is 4.90 Å². The zero-order valence-electron chi connectivity index (χ0n) is 10.1. The van der Waals surface area contributed by atoms with E-state index in [2.05, 4.69) is 0 Å². The standard InChI is InChI=1S/C11H14N2O5S/c14-7-3-1-2-4-12(6-7)10-8(13(17)18)5-9(19-10)11(15)16/h5,7,14H,1-4,6H2,(H,15,16)/t7-/m0/s1. The Balaban J connectivity index is 2.36. The molecule has 1 fully saturated rings. The molecule has 1 atom stereocenters. The summed E-state index contributed by atoms with van der Waals surface area (Å²) < 4.78 is 0. The number of carbonyl (C=O) groups is 1. The Morgan fingerprint density at radius 1 is 1.53 bits per heavy atom. The molecule has 0 saturated carbocycles. The average Bonchev–Trinajstić information content (AvgIpc) is 2.68. The molecule has 1 aliphatic rings. The fourth-order valence-electron chi connectivity index (χ4n) is 2.14. The van der Waals surface area contributed by atoms with E-state index in [4.69, 9.17) is 5.11 Å². The number of carboxylic acid groups (broad SMARTS) is 1. The van der Waals surface area contributed by atoms with Crippen molar-refractivity contribution in [2.45, 2.75) is 25.4 Å². The Morgan fingerprint density at radius 2 is 2.26 bits per heavy atom. The third-order valence-corrected chi connectivity index (χ3v) is 4.21. The smallest absolute Gasteiger partial charge is 0.346 e. The Morgan fingerprint density at radius 3 is 2.89 bits per heavy atom. The number of hydrogen-bond acceptors (Lipinski definition) is 6. The third-order valence-electron chi connectivity index (χ3n) is 3.03. The largest absolute Gasteiger partial charge is 0.477 e. The lowest BCUT2D eigenvalue weighted by Crippen LogP contribution is -2.30. The van der Waals surface area contributed by atoms with Crippen molar-refractivity contribution in [3.8, 4) is 0 Å². The zero-order valence-corrected chi connectivity index (χ0v) is 10.9. The lowest BCUT2D eigenvalue weighted by atomic mass is 10.2. The van der Waals surface area contributed by atoms with Crippen molar-refractivity contribution in [3.63, 3.8) is 0 Å². The van der Waals surface area contributed by atoms with Crippen LogP contribution in [0.3, 0.4) is 0 Å². The molecule has 1 aromatic heterocycles. The molecule has 0 bridgehead atoms. The highest BCUT2D eigenvalue weighted by Gasteiger charge is 2.28. The first-order valence-electron chi connectivity index (χ1n) is 5.93. The van der Waals surface area contributed by atoms with Crippen molar-refractivity contribution < 1.29 is 19.9 Å². The molecule has 2 rings (SSSR count). The van der Waals surface area contributed by atoms with Crippen LogP contribution in [-0.4, -0.2) is 40.3 Å². The Kier molecular flexibility index (Phi) is 4.01.